The fraction of sp³-hybridized carbons (Fsp3) is 0.296. The summed E-state index contributed by atoms with van der Waals surface area (Å²) in [6.07, 6.45) is 9.90. The van der Waals surface area contributed by atoms with E-state index in [9.17, 15) is 9.50 Å². The van der Waals surface area contributed by atoms with Crippen LogP contribution in [-0.2, 0) is 0 Å². The number of rotatable bonds is 5. The van der Waals surface area contributed by atoms with Gasteiger partial charge in [0.15, 0.2) is 5.65 Å². The number of aliphatic hydroxyl groups excluding tert-OH is 1. The van der Waals surface area contributed by atoms with Crippen molar-refractivity contribution in [2.45, 2.75) is 31.4 Å². The molecule has 1 N–H and O–H groups in total. The number of anilines is 2. The highest BCUT2D eigenvalue weighted by Crippen LogP contribution is 2.38. The number of imidazole rings is 1. The Morgan fingerprint density at radius 3 is 2.72 bits per heavy atom. The molecule has 0 amide bonds. The molecule has 0 radical (unpaired) electrons. The molecule has 2 aliphatic heterocycles. The van der Waals surface area contributed by atoms with E-state index in [1.807, 2.05) is 47.1 Å². The van der Waals surface area contributed by atoms with Crippen LogP contribution in [0.3, 0.4) is 0 Å². The first-order valence-electron chi connectivity index (χ1n) is 12.2. The molecule has 2 atom stereocenters. The quantitative estimate of drug-likeness (QED) is 0.412. The second-order valence-corrected chi connectivity index (χ2v) is 9.73. The Morgan fingerprint density at radius 2 is 1.92 bits per heavy atom. The van der Waals surface area contributed by atoms with Crippen molar-refractivity contribution in [1.82, 2.24) is 19.6 Å². The Balaban J connectivity index is 1.25. The number of aliphatic hydroxyl groups is 1. The maximum absolute atomic E-state index is 14.0. The lowest BCUT2D eigenvalue weighted by Crippen LogP contribution is -2.24. The molecule has 1 aromatic carbocycles. The summed E-state index contributed by atoms with van der Waals surface area (Å²) in [6.45, 7) is 2.31. The van der Waals surface area contributed by atoms with Crippen molar-refractivity contribution < 1.29 is 9.50 Å². The predicted octanol–water partition coefficient (Wildman–Crippen LogP) is 5.00. The number of fused-ring (bicyclic) bond motifs is 1. The minimum absolute atomic E-state index is 0.0277. The van der Waals surface area contributed by atoms with Gasteiger partial charge in [0.2, 0.25) is 0 Å². The van der Waals surface area contributed by atoms with Gasteiger partial charge < -0.3 is 14.9 Å². The van der Waals surface area contributed by atoms with Crippen molar-refractivity contribution in [3.05, 3.63) is 82.6 Å². The third-order valence-corrected chi connectivity index (χ3v) is 7.31. The number of hydrogen-bond donors (Lipinski definition) is 1. The summed E-state index contributed by atoms with van der Waals surface area (Å²) >= 11 is 6.43. The van der Waals surface area contributed by atoms with E-state index in [2.05, 4.69) is 19.8 Å². The largest absolute Gasteiger partial charge is 0.391 e. The topological polar surface area (TPSA) is 69.8 Å². The van der Waals surface area contributed by atoms with Crippen LogP contribution in [0.25, 0.3) is 17.8 Å². The zero-order valence-corrected chi connectivity index (χ0v) is 20.4. The van der Waals surface area contributed by atoms with Crippen LogP contribution < -0.4 is 9.80 Å². The van der Waals surface area contributed by atoms with Crippen molar-refractivity contribution in [3.8, 4) is 0 Å². The van der Waals surface area contributed by atoms with Crippen molar-refractivity contribution in [2.24, 2.45) is 0 Å². The normalized spacial score (nSPS) is 20.3. The van der Waals surface area contributed by atoms with Crippen molar-refractivity contribution in [2.75, 3.05) is 29.4 Å². The molecule has 3 aromatic heterocycles. The van der Waals surface area contributed by atoms with Gasteiger partial charge in [-0.3, -0.25) is 4.98 Å². The van der Waals surface area contributed by atoms with E-state index in [-0.39, 0.29) is 18.0 Å². The Kier molecular flexibility index (Phi) is 6.07. The fourth-order valence-corrected chi connectivity index (χ4v) is 5.36. The number of benzene rings is 1. The highest BCUT2D eigenvalue weighted by atomic mass is 35.5. The summed E-state index contributed by atoms with van der Waals surface area (Å²) in [5, 5.41) is 15.2. The van der Waals surface area contributed by atoms with Gasteiger partial charge in [0, 0.05) is 24.7 Å². The third-order valence-electron chi connectivity index (χ3n) is 6.96. The molecule has 0 bridgehead atoms. The zero-order chi connectivity index (χ0) is 24.6. The van der Waals surface area contributed by atoms with Gasteiger partial charge in [-0.2, -0.15) is 0 Å². The molecule has 1 unspecified atom stereocenters. The molecule has 2 saturated heterocycles. The van der Waals surface area contributed by atoms with Crippen LogP contribution in [0.2, 0.25) is 5.02 Å². The van der Waals surface area contributed by atoms with Gasteiger partial charge in [0.25, 0.3) is 0 Å². The van der Waals surface area contributed by atoms with Gasteiger partial charge in [-0.25, -0.2) is 13.9 Å². The third kappa shape index (κ3) is 4.42. The Morgan fingerprint density at radius 1 is 1.00 bits per heavy atom. The summed E-state index contributed by atoms with van der Waals surface area (Å²) in [5.41, 5.74) is 4.21. The van der Waals surface area contributed by atoms with E-state index in [1.165, 1.54) is 12.1 Å². The molecule has 6 rings (SSSR count). The standard InChI is InChI=1S/C27H26ClFN6O/c28-24-8-3-18(29)14-23(24)25-2-1-12-34(25)27-10-9-26-31-16-21(35(26)32-27)7-5-19-4-6-20(15-30-19)33-13-11-22(36)17-33/h3-10,14-16,22,25,36H,1-2,11-13,17H2/b7-5+/t22?,25-/m1/s1. The summed E-state index contributed by atoms with van der Waals surface area (Å²) in [5.74, 6) is 0.514. The van der Waals surface area contributed by atoms with Crippen LogP contribution in [0.1, 0.15) is 42.3 Å². The van der Waals surface area contributed by atoms with Gasteiger partial charge in [0.05, 0.1) is 41.6 Å². The van der Waals surface area contributed by atoms with E-state index in [1.54, 1.807) is 12.3 Å². The Bertz CT molecular complexity index is 1420. The Labute approximate surface area is 213 Å². The lowest BCUT2D eigenvalue weighted by Gasteiger charge is -2.26. The maximum Gasteiger partial charge on any atom is 0.154 e. The number of halogens is 2. The first-order chi connectivity index (χ1) is 17.5. The number of aromatic nitrogens is 4. The predicted molar refractivity (Wildman–Crippen MR) is 140 cm³/mol. The summed E-state index contributed by atoms with van der Waals surface area (Å²) in [7, 11) is 0. The molecule has 4 aromatic rings. The van der Waals surface area contributed by atoms with Gasteiger partial charge in [-0.15, -0.1) is 5.10 Å². The average molecular weight is 505 g/mol. The second-order valence-electron chi connectivity index (χ2n) is 9.32. The summed E-state index contributed by atoms with van der Waals surface area (Å²) in [6, 6.07) is 12.4. The van der Waals surface area contributed by atoms with Crippen molar-refractivity contribution in [1.29, 1.82) is 0 Å². The number of β-amino-alcohol motifs (C(OH)–C–C–N with tert-alkyl or cyclic N) is 1. The first-order valence-corrected chi connectivity index (χ1v) is 12.6. The molecule has 2 aliphatic rings. The van der Waals surface area contributed by atoms with Gasteiger partial charge >= 0.3 is 0 Å². The van der Waals surface area contributed by atoms with Crippen LogP contribution in [0.5, 0.6) is 0 Å². The lowest BCUT2D eigenvalue weighted by molar-refractivity contribution is 0.198. The smallest absolute Gasteiger partial charge is 0.154 e. The van der Waals surface area contributed by atoms with Gasteiger partial charge in [-0.05, 0) is 79.4 Å². The number of hydrogen-bond acceptors (Lipinski definition) is 6. The molecule has 0 aliphatic carbocycles. The summed E-state index contributed by atoms with van der Waals surface area (Å²) in [4.78, 5) is 13.4. The van der Waals surface area contributed by atoms with Crippen LogP contribution in [0.4, 0.5) is 15.9 Å². The molecule has 36 heavy (non-hydrogen) atoms. The first kappa shape index (κ1) is 22.9. The van der Waals surface area contributed by atoms with Gasteiger partial charge in [-0.1, -0.05) is 11.6 Å². The van der Waals surface area contributed by atoms with E-state index < -0.39 is 0 Å². The molecule has 5 heterocycles. The lowest BCUT2D eigenvalue weighted by atomic mass is 10.0. The molecule has 9 heteroatoms. The minimum Gasteiger partial charge on any atom is -0.391 e. The molecule has 0 saturated carbocycles. The van der Waals surface area contributed by atoms with E-state index in [0.717, 1.165) is 66.5 Å². The van der Waals surface area contributed by atoms with Crippen LogP contribution in [0.15, 0.2) is 54.9 Å². The highest BCUT2D eigenvalue weighted by molar-refractivity contribution is 6.31. The van der Waals surface area contributed by atoms with Crippen LogP contribution >= 0.6 is 11.6 Å². The summed E-state index contributed by atoms with van der Waals surface area (Å²) < 4.78 is 15.8. The van der Waals surface area contributed by atoms with Gasteiger partial charge in [0.1, 0.15) is 11.6 Å². The molecule has 7 nitrogen and oxygen atoms in total. The van der Waals surface area contributed by atoms with E-state index >= 15 is 0 Å². The molecule has 184 valence electrons. The van der Waals surface area contributed by atoms with Crippen LogP contribution in [-0.4, -0.2) is 50.4 Å². The Hall–Kier alpha value is -3.49. The molecule has 0 spiro atoms. The molecular formula is C27H26ClFN6O. The number of nitrogens with zero attached hydrogens (tertiary/aromatic N) is 6. The van der Waals surface area contributed by atoms with E-state index in [0.29, 0.717) is 11.6 Å². The SMILES string of the molecule is OC1CCN(c2ccc(/C=C/c3cnc4ccc(N5CCC[C@@H]5c5cc(F)ccc5Cl)nn34)nc2)C1. The van der Waals surface area contributed by atoms with E-state index in [4.69, 9.17) is 16.7 Å². The minimum atomic E-state index is -0.286. The maximum atomic E-state index is 14.0. The number of pyridine rings is 1. The van der Waals surface area contributed by atoms with Crippen LogP contribution in [0, 0.1) is 5.82 Å². The van der Waals surface area contributed by atoms with Crippen molar-refractivity contribution >= 4 is 40.9 Å². The van der Waals surface area contributed by atoms with Crippen molar-refractivity contribution in [3.63, 3.8) is 0 Å². The molecular weight excluding hydrogens is 479 g/mol. The fourth-order valence-electron chi connectivity index (χ4n) is 5.11. The highest BCUT2D eigenvalue weighted by Gasteiger charge is 2.29. The average Bonchev–Trinajstić information content (AvgIpc) is 3.64. The second kappa shape index (κ2) is 9.52. The molecule has 2 fully saturated rings. The monoisotopic (exact) mass is 504 g/mol. The zero-order valence-electron chi connectivity index (χ0n) is 19.6.